The first-order valence-corrected chi connectivity index (χ1v) is 11.7. The SMILES string of the molecule is COc1ccc(/C=C/C(=O)Nc2ccc(N3C[C@H]4C[C@@H](C3)c3cccc(=O)n3C4)nc2)c(OC)c1. The molecule has 0 radical (unpaired) electrons. The molecule has 8 heteroatoms. The highest BCUT2D eigenvalue weighted by Gasteiger charge is 2.34. The minimum atomic E-state index is -0.257. The molecule has 1 saturated heterocycles. The van der Waals surface area contributed by atoms with Crippen LogP contribution in [0.5, 0.6) is 11.5 Å². The van der Waals surface area contributed by atoms with E-state index in [0.29, 0.717) is 29.0 Å². The van der Waals surface area contributed by atoms with E-state index in [2.05, 4.69) is 21.3 Å². The maximum atomic E-state index is 12.4. The monoisotopic (exact) mass is 472 g/mol. The molecule has 2 atom stereocenters. The number of aromatic nitrogens is 2. The van der Waals surface area contributed by atoms with Crippen LogP contribution in [-0.2, 0) is 11.3 Å². The van der Waals surface area contributed by atoms with E-state index in [1.165, 1.54) is 6.08 Å². The predicted octanol–water partition coefficient (Wildman–Crippen LogP) is 3.54. The summed E-state index contributed by atoms with van der Waals surface area (Å²) in [4.78, 5) is 31.6. The third-order valence-electron chi connectivity index (χ3n) is 6.67. The fourth-order valence-corrected chi connectivity index (χ4v) is 5.04. The zero-order valence-electron chi connectivity index (χ0n) is 19.8. The van der Waals surface area contributed by atoms with Crippen molar-refractivity contribution in [3.05, 3.63) is 82.4 Å². The van der Waals surface area contributed by atoms with E-state index in [0.717, 1.165) is 43.1 Å². The molecule has 0 aliphatic carbocycles. The fourth-order valence-electron chi connectivity index (χ4n) is 5.04. The summed E-state index contributed by atoms with van der Waals surface area (Å²) in [6, 6.07) is 14.8. The number of nitrogens with one attached hydrogen (secondary N) is 1. The van der Waals surface area contributed by atoms with Gasteiger partial charge in [-0.1, -0.05) is 6.07 Å². The molecule has 8 nitrogen and oxygen atoms in total. The predicted molar refractivity (Wildman–Crippen MR) is 135 cm³/mol. The molecule has 2 bridgehead atoms. The van der Waals surface area contributed by atoms with E-state index in [1.807, 2.05) is 34.9 Å². The zero-order valence-corrected chi connectivity index (χ0v) is 19.8. The van der Waals surface area contributed by atoms with Crippen molar-refractivity contribution in [2.24, 2.45) is 5.92 Å². The minimum Gasteiger partial charge on any atom is -0.497 e. The van der Waals surface area contributed by atoms with Crippen molar-refractivity contribution >= 4 is 23.5 Å². The van der Waals surface area contributed by atoms with Gasteiger partial charge in [0.05, 0.1) is 26.1 Å². The van der Waals surface area contributed by atoms with Crippen LogP contribution in [0.4, 0.5) is 11.5 Å². The van der Waals surface area contributed by atoms with Gasteiger partial charge in [0.1, 0.15) is 17.3 Å². The smallest absolute Gasteiger partial charge is 0.250 e. The van der Waals surface area contributed by atoms with Gasteiger partial charge >= 0.3 is 0 Å². The van der Waals surface area contributed by atoms with Crippen molar-refractivity contribution in [1.29, 1.82) is 0 Å². The molecule has 1 aromatic carbocycles. The van der Waals surface area contributed by atoms with Gasteiger partial charge in [-0.2, -0.15) is 0 Å². The van der Waals surface area contributed by atoms with Crippen LogP contribution in [0.1, 0.15) is 23.6 Å². The fraction of sp³-hybridized carbons (Fsp3) is 0.296. The average Bonchev–Trinajstić information content (AvgIpc) is 2.88. The summed E-state index contributed by atoms with van der Waals surface area (Å²) in [7, 11) is 3.17. The number of methoxy groups -OCH3 is 2. The summed E-state index contributed by atoms with van der Waals surface area (Å²) < 4.78 is 12.5. The number of hydrogen-bond acceptors (Lipinski definition) is 6. The second-order valence-corrected chi connectivity index (χ2v) is 8.94. The number of anilines is 2. The Hall–Kier alpha value is -4.07. The number of carbonyl (C=O) groups excluding carboxylic acids is 1. The van der Waals surface area contributed by atoms with Gasteiger partial charge in [0.2, 0.25) is 5.91 Å². The van der Waals surface area contributed by atoms with Gasteiger partial charge in [0.15, 0.2) is 0 Å². The van der Waals surface area contributed by atoms with Crippen LogP contribution in [0.3, 0.4) is 0 Å². The maximum absolute atomic E-state index is 12.4. The molecule has 180 valence electrons. The summed E-state index contributed by atoms with van der Waals surface area (Å²) in [5, 5.41) is 2.85. The highest BCUT2D eigenvalue weighted by atomic mass is 16.5. The van der Waals surface area contributed by atoms with Crippen LogP contribution >= 0.6 is 0 Å². The van der Waals surface area contributed by atoms with Crippen molar-refractivity contribution in [3.8, 4) is 11.5 Å². The topological polar surface area (TPSA) is 85.7 Å². The molecule has 0 spiro atoms. The Labute approximate surface area is 203 Å². The zero-order chi connectivity index (χ0) is 24.4. The van der Waals surface area contributed by atoms with E-state index in [4.69, 9.17) is 9.47 Å². The number of ether oxygens (including phenoxy) is 2. The van der Waals surface area contributed by atoms with Gasteiger partial charge in [0.25, 0.3) is 5.56 Å². The molecule has 0 unspecified atom stereocenters. The highest BCUT2D eigenvalue weighted by molar-refractivity contribution is 6.02. The van der Waals surface area contributed by atoms with Crippen LogP contribution in [0.15, 0.2) is 65.6 Å². The number of pyridine rings is 2. The molecule has 1 N–H and O–H groups in total. The first-order valence-electron chi connectivity index (χ1n) is 11.7. The van der Waals surface area contributed by atoms with Crippen molar-refractivity contribution in [2.45, 2.75) is 18.9 Å². The maximum Gasteiger partial charge on any atom is 0.250 e. The lowest BCUT2D eigenvalue weighted by molar-refractivity contribution is -0.111. The second-order valence-electron chi connectivity index (χ2n) is 8.94. The quantitative estimate of drug-likeness (QED) is 0.553. The van der Waals surface area contributed by atoms with Gasteiger partial charge in [-0.05, 0) is 48.7 Å². The van der Waals surface area contributed by atoms with E-state index < -0.39 is 0 Å². The number of carbonyl (C=O) groups is 1. The summed E-state index contributed by atoms with van der Waals surface area (Å²) in [5.41, 5.74) is 2.60. The number of nitrogens with zero attached hydrogens (tertiary/aromatic N) is 3. The van der Waals surface area contributed by atoms with E-state index >= 15 is 0 Å². The van der Waals surface area contributed by atoms with Gasteiger partial charge in [-0.3, -0.25) is 9.59 Å². The van der Waals surface area contributed by atoms with Gasteiger partial charge < -0.3 is 24.3 Å². The summed E-state index contributed by atoms with van der Waals surface area (Å²) in [5.74, 6) is 2.67. The van der Waals surface area contributed by atoms with E-state index in [9.17, 15) is 9.59 Å². The Morgan fingerprint density at radius 2 is 1.97 bits per heavy atom. The number of hydrogen-bond donors (Lipinski definition) is 1. The summed E-state index contributed by atoms with van der Waals surface area (Å²) in [6.45, 7) is 2.44. The van der Waals surface area contributed by atoms with Crippen LogP contribution in [0, 0.1) is 5.92 Å². The Kier molecular flexibility index (Phi) is 6.27. The van der Waals surface area contributed by atoms with Gasteiger partial charge in [0, 0.05) is 55.0 Å². The van der Waals surface area contributed by atoms with Crippen LogP contribution < -0.4 is 25.2 Å². The number of benzene rings is 1. The van der Waals surface area contributed by atoms with Crippen molar-refractivity contribution in [1.82, 2.24) is 9.55 Å². The van der Waals surface area contributed by atoms with Gasteiger partial charge in [-0.25, -0.2) is 4.98 Å². The van der Waals surface area contributed by atoms with Crippen LogP contribution in [0.25, 0.3) is 6.08 Å². The summed E-state index contributed by atoms with van der Waals surface area (Å²) >= 11 is 0. The standard InChI is InChI=1S/C27H28N4O4/c1-34-22-9-6-19(24(13-22)35-2)7-11-26(32)29-21-8-10-25(28-14-21)30-15-18-12-20(17-30)23-4-3-5-27(33)31(23)16-18/h3-11,13-14,18,20H,12,15-17H2,1-2H3,(H,29,32)/b11-7+/t18-,20+/m1/s1. The molecule has 0 saturated carbocycles. The third kappa shape index (κ3) is 4.77. The molecule has 4 heterocycles. The molecule has 5 rings (SSSR count). The molecule has 2 aliphatic heterocycles. The number of fused-ring (bicyclic) bond motifs is 4. The first-order chi connectivity index (χ1) is 17.0. The average molecular weight is 473 g/mol. The Balaban J connectivity index is 1.23. The van der Waals surface area contributed by atoms with Crippen molar-refractivity contribution < 1.29 is 14.3 Å². The van der Waals surface area contributed by atoms with E-state index in [-0.39, 0.29) is 11.5 Å². The minimum absolute atomic E-state index is 0.0864. The lowest BCUT2D eigenvalue weighted by Gasteiger charge is -2.43. The first kappa shape index (κ1) is 22.7. The Bertz CT molecular complexity index is 1320. The second kappa shape index (κ2) is 9.66. The third-order valence-corrected chi connectivity index (χ3v) is 6.67. The normalized spacial score (nSPS) is 18.7. The number of amides is 1. The molecular formula is C27H28N4O4. The molecule has 3 aromatic rings. The van der Waals surface area contributed by atoms with Crippen molar-refractivity contribution in [2.75, 3.05) is 37.5 Å². The lowest BCUT2D eigenvalue weighted by Crippen LogP contribution is -2.47. The Morgan fingerprint density at radius 3 is 2.74 bits per heavy atom. The number of piperidine rings is 1. The van der Waals surface area contributed by atoms with Crippen LogP contribution in [-0.4, -0.2) is 42.8 Å². The largest absolute Gasteiger partial charge is 0.497 e. The molecular weight excluding hydrogens is 444 g/mol. The molecule has 2 aromatic heterocycles. The highest BCUT2D eigenvalue weighted by Crippen LogP contribution is 2.36. The van der Waals surface area contributed by atoms with E-state index in [1.54, 1.807) is 38.6 Å². The molecule has 1 amide bonds. The lowest BCUT2D eigenvalue weighted by atomic mass is 9.83. The van der Waals surface area contributed by atoms with Gasteiger partial charge in [-0.15, -0.1) is 0 Å². The summed E-state index contributed by atoms with van der Waals surface area (Å²) in [6.07, 6.45) is 5.94. The van der Waals surface area contributed by atoms with Crippen LogP contribution in [0.2, 0.25) is 0 Å². The number of rotatable bonds is 6. The molecule has 2 aliphatic rings. The molecule has 35 heavy (non-hydrogen) atoms. The van der Waals surface area contributed by atoms with Crippen molar-refractivity contribution in [3.63, 3.8) is 0 Å². The molecule has 1 fully saturated rings. The Morgan fingerprint density at radius 1 is 1.09 bits per heavy atom.